The number of nitrogens with zero attached hydrogens (tertiary/aromatic N) is 3. The van der Waals surface area contributed by atoms with E-state index in [9.17, 15) is 4.79 Å². The van der Waals surface area contributed by atoms with Crippen LogP contribution in [0.15, 0.2) is 30.3 Å². The maximum Gasteiger partial charge on any atom is 0.257 e. The van der Waals surface area contributed by atoms with E-state index in [1.807, 2.05) is 4.90 Å². The van der Waals surface area contributed by atoms with E-state index in [-0.39, 0.29) is 5.91 Å². The molecule has 4 rings (SSSR count). The van der Waals surface area contributed by atoms with Crippen molar-refractivity contribution in [1.29, 1.82) is 0 Å². The Bertz CT molecular complexity index is 1050. The summed E-state index contributed by atoms with van der Waals surface area (Å²) in [5, 5.41) is 1.03. The average molecular weight is 412 g/mol. The molecule has 1 aliphatic heterocycles. The van der Waals surface area contributed by atoms with E-state index in [4.69, 9.17) is 14.5 Å². The summed E-state index contributed by atoms with van der Waals surface area (Å²) in [5.74, 6) is 1.18. The Balaban J connectivity index is 1.50. The highest BCUT2D eigenvalue weighted by Crippen LogP contribution is 2.33. The van der Waals surface area contributed by atoms with Crippen LogP contribution in [0.5, 0.6) is 11.5 Å². The second-order valence-corrected chi connectivity index (χ2v) is 8.25. The minimum atomic E-state index is -0.0313. The van der Waals surface area contributed by atoms with E-state index in [1.54, 1.807) is 43.8 Å². The minimum absolute atomic E-state index is 0.0313. The molecule has 152 valence electrons. The molecule has 0 N–H and O–H groups in total. The number of aromatic nitrogens is 1. The van der Waals surface area contributed by atoms with Gasteiger partial charge in [-0.15, -0.1) is 0 Å². The molecule has 0 radical (unpaired) electrons. The first-order chi connectivity index (χ1) is 14.0. The Morgan fingerprint density at radius 3 is 2.48 bits per heavy atom. The summed E-state index contributed by atoms with van der Waals surface area (Å²) in [4.78, 5) is 22.1. The molecule has 0 bridgehead atoms. The predicted octanol–water partition coefficient (Wildman–Crippen LogP) is 3.89. The molecule has 0 unspecified atom stereocenters. The summed E-state index contributed by atoms with van der Waals surface area (Å²) in [7, 11) is 3.17. The minimum Gasteiger partial charge on any atom is -0.497 e. The van der Waals surface area contributed by atoms with Crippen molar-refractivity contribution in [3.05, 3.63) is 47.0 Å². The fraction of sp³-hybridized carbons (Fsp3) is 0.364. The first kappa shape index (κ1) is 19.5. The number of hydrogen-bond acceptors (Lipinski definition) is 6. The van der Waals surface area contributed by atoms with Crippen LogP contribution in [-0.2, 0) is 0 Å². The fourth-order valence-corrected chi connectivity index (χ4v) is 4.82. The number of ether oxygens (including phenoxy) is 2. The van der Waals surface area contributed by atoms with E-state index in [0.29, 0.717) is 30.2 Å². The van der Waals surface area contributed by atoms with E-state index in [1.165, 1.54) is 15.8 Å². The number of carbonyl (C=O) groups is 1. The molecule has 1 fully saturated rings. The highest BCUT2D eigenvalue weighted by atomic mass is 32.1. The number of thiazole rings is 1. The molecule has 3 aromatic rings. The molecule has 1 aromatic heterocycles. The van der Waals surface area contributed by atoms with Crippen LogP contribution in [0.3, 0.4) is 0 Å². The van der Waals surface area contributed by atoms with Gasteiger partial charge in [0.15, 0.2) is 5.13 Å². The lowest BCUT2D eigenvalue weighted by Gasteiger charge is -2.34. The normalized spacial score (nSPS) is 14.3. The topological polar surface area (TPSA) is 54.9 Å². The third-order valence-corrected chi connectivity index (χ3v) is 6.55. The number of piperazine rings is 1. The molecule has 1 saturated heterocycles. The Hall–Kier alpha value is -2.80. The largest absolute Gasteiger partial charge is 0.497 e. The van der Waals surface area contributed by atoms with Crippen molar-refractivity contribution in [2.75, 3.05) is 45.3 Å². The average Bonchev–Trinajstić information content (AvgIpc) is 3.17. The van der Waals surface area contributed by atoms with Crippen molar-refractivity contribution < 1.29 is 14.3 Å². The number of aryl methyl sites for hydroxylation is 2. The van der Waals surface area contributed by atoms with Crippen LogP contribution in [0.25, 0.3) is 10.2 Å². The Kier molecular flexibility index (Phi) is 5.32. The van der Waals surface area contributed by atoms with E-state index in [2.05, 4.69) is 30.9 Å². The standard InChI is InChI=1S/C22H25N3O3S/c1-14-11-15(2)20-18(12-14)23-22(29-20)25-9-7-24(8-10-25)21(26)17-13-16(27-3)5-6-19(17)28-4/h5-6,11-13H,7-10H2,1-4H3. The molecule has 0 aliphatic carbocycles. The zero-order valence-electron chi connectivity index (χ0n) is 17.2. The molecule has 0 spiro atoms. The molecule has 1 amide bonds. The van der Waals surface area contributed by atoms with Crippen LogP contribution in [-0.4, -0.2) is 56.2 Å². The maximum atomic E-state index is 13.1. The SMILES string of the molecule is COc1ccc(OC)c(C(=O)N2CCN(c3nc4cc(C)cc(C)c4s3)CC2)c1. The van der Waals surface area contributed by atoms with Gasteiger partial charge in [-0.25, -0.2) is 4.98 Å². The van der Waals surface area contributed by atoms with Crippen LogP contribution in [0.1, 0.15) is 21.5 Å². The predicted molar refractivity (Wildman–Crippen MR) is 117 cm³/mol. The first-order valence-corrected chi connectivity index (χ1v) is 10.5. The Morgan fingerprint density at radius 1 is 1.03 bits per heavy atom. The molecular formula is C22H25N3O3S. The van der Waals surface area contributed by atoms with Gasteiger partial charge in [0.2, 0.25) is 0 Å². The lowest BCUT2D eigenvalue weighted by atomic mass is 10.1. The first-order valence-electron chi connectivity index (χ1n) is 9.64. The second kappa shape index (κ2) is 7.91. The van der Waals surface area contributed by atoms with Crippen LogP contribution < -0.4 is 14.4 Å². The van der Waals surface area contributed by atoms with Crippen molar-refractivity contribution in [2.45, 2.75) is 13.8 Å². The zero-order valence-corrected chi connectivity index (χ0v) is 18.0. The Morgan fingerprint density at radius 2 is 1.79 bits per heavy atom. The molecule has 1 aliphatic rings. The van der Waals surface area contributed by atoms with Crippen molar-refractivity contribution in [3.8, 4) is 11.5 Å². The van der Waals surface area contributed by atoms with Gasteiger partial charge in [-0.1, -0.05) is 17.4 Å². The summed E-state index contributed by atoms with van der Waals surface area (Å²) in [6, 6.07) is 9.64. The van der Waals surface area contributed by atoms with Gasteiger partial charge in [0.05, 0.1) is 30.0 Å². The summed E-state index contributed by atoms with van der Waals surface area (Å²) in [6.45, 7) is 7.05. The van der Waals surface area contributed by atoms with Crippen LogP contribution in [0.4, 0.5) is 5.13 Å². The summed E-state index contributed by atoms with van der Waals surface area (Å²) < 4.78 is 11.9. The molecule has 0 atom stereocenters. The van der Waals surface area contributed by atoms with Crippen molar-refractivity contribution in [3.63, 3.8) is 0 Å². The van der Waals surface area contributed by atoms with Gasteiger partial charge < -0.3 is 19.3 Å². The van der Waals surface area contributed by atoms with Gasteiger partial charge in [-0.05, 0) is 49.2 Å². The van der Waals surface area contributed by atoms with Gasteiger partial charge in [0.25, 0.3) is 5.91 Å². The van der Waals surface area contributed by atoms with Crippen LogP contribution in [0, 0.1) is 13.8 Å². The molecule has 2 heterocycles. The summed E-state index contributed by atoms with van der Waals surface area (Å²) >= 11 is 1.73. The van der Waals surface area contributed by atoms with E-state index in [0.717, 1.165) is 23.7 Å². The highest BCUT2D eigenvalue weighted by Gasteiger charge is 2.26. The van der Waals surface area contributed by atoms with Crippen LogP contribution >= 0.6 is 11.3 Å². The molecule has 0 saturated carbocycles. The van der Waals surface area contributed by atoms with Gasteiger partial charge in [0, 0.05) is 26.2 Å². The highest BCUT2D eigenvalue weighted by molar-refractivity contribution is 7.22. The maximum absolute atomic E-state index is 13.1. The number of rotatable bonds is 4. The third-order valence-electron chi connectivity index (χ3n) is 5.28. The molecule has 29 heavy (non-hydrogen) atoms. The lowest BCUT2D eigenvalue weighted by Crippen LogP contribution is -2.48. The zero-order chi connectivity index (χ0) is 20.5. The van der Waals surface area contributed by atoms with Crippen molar-refractivity contribution >= 4 is 32.6 Å². The monoisotopic (exact) mass is 411 g/mol. The van der Waals surface area contributed by atoms with Gasteiger partial charge in [0.1, 0.15) is 11.5 Å². The van der Waals surface area contributed by atoms with E-state index < -0.39 is 0 Å². The number of carbonyl (C=O) groups excluding carboxylic acids is 1. The van der Waals surface area contributed by atoms with Crippen molar-refractivity contribution in [1.82, 2.24) is 9.88 Å². The number of methoxy groups -OCH3 is 2. The van der Waals surface area contributed by atoms with E-state index >= 15 is 0 Å². The van der Waals surface area contributed by atoms with Gasteiger partial charge in [-0.2, -0.15) is 0 Å². The van der Waals surface area contributed by atoms with Gasteiger partial charge >= 0.3 is 0 Å². The lowest BCUT2D eigenvalue weighted by molar-refractivity contribution is 0.0743. The molecule has 6 nitrogen and oxygen atoms in total. The smallest absolute Gasteiger partial charge is 0.257 e. The van der Waals surface area contributed by atoms with Crippen molar-refractivity contribution in [2.24, 2.45) is 0 Å². The molecular weight excluding hydrogens is 386 g/mol. The quantitative estimate of drug-likeness (QED) is 0.652. The summed E-state index contributed by atoms with van der Waals surface area (Å²) in [5.41, 5.74) is 4.09. The number of anilines is 1. The summed E-state index contributed by atoms with van der Waals surface area (Å²) in [6.07, 6.45) is 0. The van der Waals surface area contributed by atoms with Gasteiger partial charge in [-0.3, -0.25) is 4.79 Å². The number of fused-ring (bicyclic) bond motifs is 1. The molecule has 7 heteroatoms. The van der Waals surface area contributed by atoms with Crippen LogP contribution in [0.2, 0.25) is 0 Å². The molecule has 2 aromatic carbocycles. The fourth-order valence-electron chi connectivity index (χ4n) is 3.75. The number of amides is 1. The second-order valence-electron chi connectivity index (χ2n) is 7.27. The number of benzene rings is 2. The Labute approximate surface area is 174 Å². The third kappa shape index (κ3) is 3.74. The number of hydrogen-bond donors (Lipinski definition) is 0.